The molecule has 78 valence electrons. The maximum atomic E-state index is 10.8. The fraction of sp³-hybridized carbons (Fsp3) is 0.889. The molecule has 0 aromatic rings. The van der Waals surface area contributed by atoms with E-state index in [2.05, 4.69) is 4.74 Å². The van der Waals surface area contributed by atoms with E-state index in [4.69, 9.17) is 4.74 Å². The zero-order valence-electron chi connectivity index (χ0n) is 8.71. The average Bonchev–Trinajstić information content (AvgIpc) is 2.14. The Bertz CT molecular complexity index is 139. The third-order valence-electron chi connectivity index (χ3n) is 1.75. The number of rotatable bonds is 7. The van der Waals surface area contributed by atoms with Crippen molar-refractivity contribution in [1.29, 1.82) is 0 Å². The van der Waals surface area contributed by atoms with Crippen LogP contribution in [0.15, 0.2) is 0 Å². The SMILES string of the molecule is CCOCCN(C)CCC(=O)OC. The Morgan fingerprint density at radius 2 is 2.08 bits per heavy atom. The fourth-order valence-electron chi connectivity index (χ4n) is 0.861. The van der Waals surface area contributed by atoms with E-state index in [9.17, 15) is 4.79 Å². The number of nitrogens with zero attached hydrogens (tertiary/aromatic N) is 1. The normalized spacial score (nSPS) is 10.5. The van der Waals surface area contributed by atoms with Crippen molar-refractivity contribution < 1.29 is 14.3 Å². The number of ether oxygens (including phenoxy) is 2. The molecule has 0 saturated carbocycles. The summed E-state index contributed by atoms with van der Waals surface area (Å²) >= 11 is 0. The van der Waals surface area contributed by atoms with Crippen LogP contribution in [0, 0.1) is 0 Å². The Balaban J connectivity index is 3.29. The summed E-state index contributed by atoms with van der Waals surface area (Å²) in [6.45, 7) is 5.00. The van der Waals surface area contributed by atoms with Crippen molar-refractivity contribution in [3.63, 3.8) is 0 Å². The second-order valence-corrected chi connectivity index (χ2v) is 2.83. The summed E-state index contributed by atoms with van der Waals surface area (Å²) in [5, 5.41) is 0. The van der Waals surface area contributed by atoms with Crippen molar-refractivity contribution in [3.8, 4) is 0 Å². The van der Waals surface area contributed by atoms with Crippen LogP contribution < -0.4 is 0 Å². The highest BCUT2D eigenvalue weighted by Crippen LogP contribution is 1.89. The van der Waals surface area contributed by atoms with Gasteiger partial charge in [-0.15, -0.1) is 0 Å². The van der Waals surface area contributed by atoms with Crippen molar-refractivity contribution in [3.05, 3.63) is 0 Å². The fourth-order valence-corrected chi connectivity index (χ4v) is 0.861. The van der Waals surface area contributed by atoms with Gasteiger partial charge in [0.2, 0.25) is 0 Å². The first kappa shape index (κ1) is 12.4. The van der Waals surface area contributed by atoms with E-state index in [1.54, 1.807) is 0 Å². The molecule has 0 aliphatic heterocycles. The highest BCUT2D eigenvalue weighted by atomic mass is 16.5. The largest absolute Gasteiger partial charge is 0.469 e. The van der Waals surface area contributed by atoms with E-state index < -0.39 is 0 Å². The van der Waals surface area contributed by atoms with Crippen molar-refractivity contribution in [2.45, 2.75) is 13.3 Å². The van der Waals surface area contributed by atoms with Crippen molar-refractivity contribution in [2.75, 3.05) is 40.5 Å². The summed E-state index contributed by atoms with van der Waals surface area (Å²) in [5.41, 5.74) is 0. The second-order valence-electron chi connectivity index (χ2n) is 2.83. The predicted molar refractivity (Wildman–Crippen MR) is 50.6 cm³/mol. The Labute approximate surface area is 79.8 Å². The molecule has 0 atom stereocenters. The van der Waals surface area contributed by atoms with Gasteiger partial charge in [0.25, 0.3) is 0 Å². The van der Waals surface area contributed by atoms with Crippen LogP contribution >= 0.6 is 0 Å². The molecule has 0 spiro atoms. The van der Waals surface area contributed by atoms with Gasteiger partial charge in [-0.1, -0.05) is 0 Å². The van der Waals surface area contributed by atoms with Crippen LogP contribution in [0.2, 0.25) is 0 Å². The summed E-state index contributed by atoms with van der Waals surface area (Å²) in [6, 6.07) is 0. The van der Waals surface area contributed by atoms with Crippen molar-refractivity contribution in [1.82, 2.24) is 4.90 Å². The van der Waals surface area contributed by atoms with Crippen LogP contribution in [0.3, 0.4) is 0 Å². The van der Waals surface area contributed by atoms with E-state index in [1.165, 1.54) is 7.11 Å². The highest BCUT2D eigenvalue weighted by Gasteiger charge is 2.03. The summed E-state index contributed by atoms with van der Waals surface area (Å²) in [7, 11) is 3.37. The molecule has 0 aromatic heterocycles. The zero-order valence-corrected chi connectivity index (χ0v) is 8.71. The third-order valence-corrected chi connectivity index (χ3v) is 1.75. The van der Waals surface area contributed by atoms with Gasteiger partial charge < -0.3 is 14.4 Å². The number of esters is 1. The summed E-state index contributed by atoms with van der Waals surface area (Å²) in [4.78, 5) is 12.8. The topological polar surface area (TPSA) is 38.8 Å². The van der Waals surface area contributed by atoms with E-state index in [0.29, 0.717) is 13.0 Å². The van der Waals surface area contributed by atoms with Crippen LogP contribution in [-0.4, -0.2) is 51.3 Å². The van der Waals surface area contributed by atoms with Crippen molar-refractivity contribution in [2.24, 2.45) is 0 Å². The minimum atomic E-state index is -0.164. The first-order valence-electron chi connectivity index (χ1n) is 4.53. The molecule has 4 nitrogen and oxygen atoms in total. The average molecular weight is 189 g/mol. The smallest absolute Gasteiger partial charge is 0.306 e. The van der Waals surface area contributed by atoms with Gasteiger partial charge in [-0.3, -0.25) is 4.79 Å². The molecule has 0 aliphatic rings. The van der Waals surface area contributed by atoms with Gasteiger partial charge in [-0.05, 0) is 14.0 Å². The number of methoxy groups -OCH3 is 1. The molecule has 13 heavy (non-hydrogen) atoms. The zero-order chi connectivity index (χ0) is 10.1. The molecule has 4 heteroatoms. The molecule has 0 fully saturated rings. The minimum absolute atomic E-state index is 0.164. The number of hydrogen-bond acceptors (Lipinski definition) is 4. The van der Waals surface area contributed by atoms with Gasteiger partial charge in [-0.25, -0.2) is 0 Å². The number of hydrogen-bond donors (Lipinski definition) is 0. The van der Waals surface area contributed by atoms with E-state index in [1.807, 2.05) is 18.9 Å². The third kappa shape index (κ3) is 7.74. The Morgan fingerprint density at radius 1 is 1.38 bits per heavy atom. The molecule has 0 aliphatic carbocycles. The molecule has 0 N–H and O–H groups in total. The lowest BCUT2D eigenvalue weighted by molar-refractivity contribution is -0.140. The Kier molecular flexibility index (Phi) is 7.63. The molecule has 0 aromatic carbocycles. The van der Waals surface area contributed by atoms with Crippen LogP contribution in [0.5, 0.6) is 0 Å². The standard InChI is InChI=1S/C9H19NO3/c1-4-13-8-7-10(2)6-5-9(11)12-3/h4-8H2,1-3H3. The summed E-state index contributed by atoms with van der Waals surface area (Å²) < 4.78 is 9.71. The monoisotopic (exact) mass is 189 g/mol. The van der Waals surface area contributed by atoms with E-state index >= 15 is 0 Å². The molecule has 0 radical (unpaired) electrons. The van der Waals surface area contributed by atoms with Gasteiger partial charge in [0.1, 0.15) is 0 Å². The molecule has 0 heterocycles. The molecular weight excluding hydrogens is 170 g/mol. The molecular formula is C9H19NO3. The highest BCUT2D eigenvalue weighted by molar-refractivity contribution is 5.69. The van der Waals surface area contributed by atoms with E-state index in [0.717, 1.165) is 19.7 Å². The first-order chi connectivity index (χ1) is 6.20. The van der Waals surface area contributed by atoms with Gasteiger partial charge in [0.05, 0.1) is 20.1 Å². The van der Waals surface area contributed by atoms with Gasteiger partial charge in [-0.2, -0.15) is 0 Å². The van der Waals surface area contributed by atoms with Gasteiger partial charge in [0.15, 0.2) is 0 Å². The number of likely N-dealkylation sites (N-methyl/N-ethyl adjacent to an activating group) is 1. The lowest BCUT2D eigenvalue weighted by Gasteiger charge is -2.15. The maximum Gasteiger partial charge on any atom is 0.306 e. The predicted octanol–water partition coefficient (Wildman–Crippen LogP) is 0.518. The van der Waals surface area contributed by atoms with Crippen LogP contribution in [0.4, 0.5) is 0 Å². The molecule has 0 rings (SSSR count). The quantitative estimate of drug-likeness (QED) is 0.432. The Hall–Kier alpha value is -0.610. The summed E-state index contributed by atoms with van der Waals surface area (Å²) in [6.07, 6.45) is 0.444. The molecule has 0 saturated heterocycles. The molecule has 0 amide bonds. The van der Waals surface area contributed by atoms with Crippen molar-refractivity contribution >= 4 is 5.97 Å². The van der Waals surface area contributed by atoms with Crippen LogP contribution in [-0.2, 0) is 14.3 Å². The van der Waals surface area contributed by atoms with Gasteiger partial charge >= 0.3 is 5.97 Å². The van der Waals surface area contributed by atoms with Crippen LogP contribution in [0.25, 0.3) is 0 Å². The second kappa shape index (κ2) is 8.01. The number of carbonyl (C=O) groups excluding carboxylic acids is 1. The minimum Gasteiger partial charge on any atom is -0.469 e. The maximum absolute atomic E-state index is 10.8. The first-order valence-corrected chi connectivity index (χ1v) is 4.53. The summed E-state index contributed by atoms with van der Waals surface area (Å²) in [5.74, 6) is -0.164. The Morgan fingerprint density at radius 3 is 2.62 bits per heavy atom. The van der Waals surface area contributed by atoms with E-state index in [-0.39, 0.29) is 5.97 Å². The lowest BCUT2D eigenvalue weighted by Crippen LogP contribution is -2.26. The molecule has 0 bridgehead atoms. The lowest BCUT2D eigenvalue weighted by atomic mass is 10.4. The van der Waals surface area contributed by atoms with Gasteiger partial charge in [0, 0.05) is 19.7 Å². The number of carbonyl (C=O) groups is 1. The molecule has 0 unspecified atom stereocenters. The van der Waals surface area contributed by atoms with Crippen LogP contribution in [0.1, 0.15) is 13.3 Å².